The molecule has 1 heterocycles. The minimum absolute atomic E-state index is 0. The maximum atomic E-state index is 12.1. The van der Waals surface area contributed by atoms with E-state index in [1.807, 2.05) is 0 Å². The summed E-state index contributed by atoms with van der Waals surface area (Å²) in [4.78, 5) is 12.1. The van der Waals surface area contributed by atoms with Crippen LogP contribution < -0.4 is 26.3 Å². The Morgan fingerprint density at radius 1 is 1.33 bits per heavy atom. The van der Waals surface area contributed by atoms with E-state index in [-0.39, 0.29) is 29.3 Å². The topological polar surface area (TPSA) is 62.8 Å². The summed E-state index contributed by atoms with van der Waals surface area (Å²) in [7, 11) is 1.58. The zero-order chi connectivity index (χ0) is 14.4. The quantitative estimate of drug-likeness (QED) is 0.239. The fourth-order valence-corrected chi connectivity index (χ4v) is 1.82. The van der Waals surface area contributed by atoms with Gasteiger partial charge in [-0.2, -0.15) is 4.57 Å². The van der Waals surface area contributed by atoms with Crippen LogP contribution in [0.5, 0.6) is 5.75 Å². The van der Waals surface area contributed by atoms with Crippen LogP contribution in [0.4, 0.5) is 0 Å². The van der Waals surface area contributed by atoms with Gasteiger partial charge in [-0.3, -0.25) is 4.79 Å². The summed E-state index contributed by atoms with van der Waals surface area (Å²) in [6.45, 7) is 0.222. The largest absolute Gasteiger partial charge is 1.00 e. The van der Waals surface area contributed by atoms with Gasteiger partial charge in [-0.15, -0.1) is 0 Å². The second kappa shape index (κ2) is 8.16. The third-order valence-electron chi connectivity index (χ3n) is 2.83. The normalized spacial score (nSPS) is 10.1. The predicted molar refractivity (Wildman–Crippen MR) is 73.3 cm³/mol. The average Bonchev–Trinajstić information content (AvgIpc) is 2.48. The van der Waals surface area contributed by atoms with Crippen molar-refractivity contribution >= 4 is 12.0 Å². The van der Waals surface area contributed by atoms with Crippen molar-refractivity contribution in [2.75, 3.05) is 7.11 Å². The van der Waals surface area contributed by atoms with E-state index in [0.717, 1.165) is 11.3 Å². The second-order valence-corrected chi connectivity index (χ2v) is 4.21. The molecule has 0 amide bonds. The highest BCUT2D eigenvalue weighted by Crippen LogP contribution is 2.11. The summed E-state index contributed by atoms with van der Waals surface area (Å²) >= 11 is 0. The Kier molecular flexibility index (Phi) is 6.55. The van der Waals surface area contributed by atoms with Crippen molar-refractivity contribution in [2.24, 2.45) is 5.16 Å². The number of hydrogen-bond acceptors (Lipinski definition) is 4. The summed E-state index contributed by atoms with van der Waals surface area (Å²) in [6.07, 6.45) is 4.84. The Hall–Kier alpha value is -2.21. The van der Waals surface area contributed by atoms with Crippen LogP contribution >= 0.6 is 0 Å². The summed E-state index contributed by atoms with van der Waals surface area (Å²) in [5.74, 6) is 0.714. The number of rotatable bonds is 5. The van der Waals surface area contributed by atoms with E-state index in [2.05, 4.69) is 5.16 Å². The molecule has 0 fully saturated rings. The molecule has 0 aliphatic carbocycles. The van der Waals surface area contributed by atoms with Gasteiger partial charge in [0.2, 0.25) is 12.3 Å². The molecule has 110 valence electrons. The minimum atomic E-state index is -0.00394. The average molecular weight is 351 g/mol. The first-order valence-electron chi connectivity index (χ1n) is 6.06. The Morgan fingerprint density at radius 2 is 2.05 bits per heavy atom. The van der Waals surface area contributed by atoms with E-state index in [1.165, 1.54) is 6.21 Å². The number of pyridine rings is 1. The molecule has 5 nitrogen and oxygen atoms in total. The number of nitrogens with zero attached hydrogens (tertiary/aromatic N) is 2. The van der Waals surface area contributed by atoms with Crippen LogP contribution in [0.2, 0.25) is 0 Å². The van der Waals surface area contributed by atoms with Gasteiger partial charge in [0.15, 0.2) is 12.4 Å². The van der Waals surface area contributed by atoms with E-state index < -0.39 is 0 Å². The minimum Gasteiger partial charge on any atom is -1.00 e. The van der Waals surface area contributed by atoms with Crippen molar-refractivity contribution < 1.29 is 36.3 Å². The van der Waals surface area contributed by atoms with Crippen LogP contribution in [0.25, 0.3) is 0 Å². The van der Waals surface area contributed by atoms with Crippen molar-refractivity contribution in [3.63, 3.8) is 0 Å². The van der Waals surface area contributed by atoms with Gasteiger partial charge in [-0.1, -0.05) is 5.16 Å². The number of ether oxygens (including phenoxy) is 1. The molecule has 0 radical (unpaired) electrons. The molecule has 0 spiro atoms. The number of hydrogen-bond donors (Lipinski definition) is 1. The highest BCUT2D eigenvalue weighted by molar-refractivity contribution is 5.95. The lowest BCUT2D eigenvalue weighted by Crippen LogP contribution is -3.00. The number of oxime groups is 1. The van der Waals surface area contributed by atoms with Gasteiger partial charge in [0.05, 0.1) is 18.9 Å². The first kappa shape index (κ1) is 16.8. The van der Waals surface area contributed by atoms with Gasteiger partial charge in [-0.25, -0.2) is 0 Å². The SMILES string of the molecule is COc1ccc(C(=O)C[n+]2cccc(C=NO)c2)cc1.[Br-]. The molecule has 0 atom stereocenters. The van der Waals surface area contributed by atoms with Crippen LogP contribution in [0.15, 0.2) is 53.9 Å². The van der Waals surface area contributed by atoms with E-state index in [1.54, 1.807) is 60.5 Å². The molecule has 0 aliphatic heterocycles. The lowest BCUT2D eigenvalue weighted by molar-refractivity contribution is -0.683. The standard InChI is InChI=1S/C15H14N2O3.BrH/c1-20-14-6-4-13(5-7-14)15(18)11-17-8-2-3-12(10-17)9-16-19;/h2-10H,11H2,1H3;1H. The summed E-state index contributed by atoms with van der Waals surface area (Å²) < 4.78 is 6.79. The number of carbonyl (C=O) groups is 1. The zero-order valence-corrected chi connectivity index (χ0v) is 13.0. The van der Waals surface area contributed by atoms with Crippen molar-refractivity contribution in [3.8, 4) is 5.75 Å². The second-order valence-electron chi connectivity index (χ2n) is 4.21. The Bertz CT molecular complexity index is 627. The lowest BCUT2D eigenvalue weighted by Gasteiger charge is -2.01. The fourth-order valence-electron chi connectivity index (χ4n) is 1.82. The third kappa shape index (κ3) is 4.68. The highest BCUT2D eigenvalue weighted by Gasteiger charge is 2.12. The van der Waals surface area contributed by atoms with Gasteiger partial charge in [0.25, 0.3) is 0 Å². The zero-order valence-electron chi connectivity index (χ0n) is 11.4. The number of ketones is 1. The Labute approximate surface area is 133 Å². The molecule has 0 saturated carbocycles. The molecule has 0 bridgehead atoms. The molecule has 21 heavy (non-hydrogen) atoms. The fraction of sp³-hybridized carbons (Fsp3) is 0.133. The van der Waals surface area contributed by atoms with Crippen LogP contribution in [-0.4, -0.2) is 24.3 Å². The number of aromatic nitrogens is 1. The van der Waals surface area contributed by atoms with Crippen LogP contribution in [0, 0.1) is 0 Å². The van der Waals surface area contributed by atoms with Crippen LogP contribution in [-0.2, 0) is 6.54 Å². The van der Waals surface area contributed by atoms with E-state index >= 15 is 0 Å². The summed E-state index contributed by atoms with van der Waals surface area (Å²) in [6, 6.07) is 10.6. The van der Waals surface area contributed by atoms with E-state index in [4.69, 9.17) is 9.94 Å². The molecule has 1 aromatic heterocycles. The van der Waals surface area contributed by atoms with Gasteiger partial charge in [0.1, 0.15) is 5.75 Å². The van der Waals surface area contributed by atoms with Crippen LogP contribution in [0.3, 0.4) is 0 Å². The third-order valence-corrected chi connectivity index (χ3v) is 2.83. The highest BCUT2D eigenvalue weighted by atomic mass is 79.9. The van der Waals surface area contributed by atoms with Crippen molar-refractivity contribution in [2.45, 2.75) is 6.54 Å². The predicted octanol–water partition coefficient (Wildman–Crippen LogP) is -1.32. The number of benzene rings is 1. The Balaban J connectivity index is 0.00000220. The molecule has 0 saturated heterocycles. The summed E-state index contributed by atoms with van der Waals surface area (Å²) in [5.41, 5.74) is 1.34. The molecule has 2 rings (SSSR count). The molecule has 0 unspecified atom stereocenters. The molecule has 1 aromatic carbocycles. The Morgan fingerprint density at radius 3 is 2.67 bits per heavy atom. The number of Topliss-reactive ketones (excluding diaryl/α,β-unsaturated/α-hetero) is 1. The number of halogens is 1. The van der Waals surface area contributed by atoms with Crippen LogP contribution in [0.1, 0.15) is 15.9 Å². The first-order chi connectivity index (χ1) is 9.72. The van der Waals surface area contributed by atoms with E-state index in [9.17, 15) is 4.79 Å². The van der Waals surface area contributed by atoms with E-state index in [0.29, 0.717) is 5.56 Å². The van der Waals surface area contributed by atoms with Crippen molar-refractivity contribution in [3.05, 3.63) is 59.9 Å². The molecular formula is C15H15BrN2O3. The van der Waals surface area contributed by atoms with Gasteiger partial charge >= 0.3 is 0 Å². The molecular weight excluding hydrogens is 336 g/mol. The molecule has 2 aromatic rings. The van der Waals surface area contributed by atoms with Gasteiger partial charge in [0, 0.05) is 11.6 Å². The monoisotopic (exact) mass is 350 g/mol. The van der Waals surface area contributed by atoms with Gasteiger partial charge in [-0.05, 0) is 30.3 Å². The van der Waals surface area contributed by atoms with Crippen molar-refractivity contribution in [1.29, 1.82) is 0 Å². The van der Waals surface area contributed by atoms with Gasteiger partial charge < -0.3 is 26.9 Å². The molecule has 6 heteroatoms. The molecule has 1 N–H and O–H groups in total. The van der Waals surface area contributed by atoms with Crippen molar-refractivity contribution in [1.82, 2.24) is 0 Å². The first-order valence-corrected chi connectivity index (χ1v) is 6.06. The number of carbonyl (C=O) groups excluding carboxylic acids is 1. The maximum absolute atomic E-state index is 12.1. The smallest absolute Gasteiger partial charge is 0.227 e. The molecule has 0 aliphatic rings. The summed E-state index contributed by atoms with van der Waals surface area (Å²) in [5, 5.41) is 11.5. The lowest BCUT2D eigenvalue weighted by atomic mass is 10.1. The maximum Gasteiger partial charge on any atom is 0.227 e. The number of methoxy groups -OCH3 is 1.